The molecule has 0 bridgehead atoms. The summed E-state index contributed by atoms with van der Waals surface area (Å²) in [5.41, 5.74) is 2.57. The molecule has 2 heterocycles. The maximum atomic E-state index is 13.2. The Bertz CT molecular complexity index is 1210. The lowest BCUT2D eigenvalue weighted by molar-refractivity contribution is 0.0704. The van der Waals surface area contributed by atoms with Crippen molar-refractivity contribution in [2.75, 3.05) is 45.8 Å². The predicted molar refractivity (Wildman–Crippen MR) is 145 cm³/mol. The quantitative estimate of drug-likeness (QED) is 0.379. The van der Waals surface area contributed by atoms with Crippen molar-refractivity contribution in [3.05, 3.63) is 76.8 Å². The van der Waals surface area contributed by atoms with Crippen molar-refractivity contribution in [2.24, 2.45) is 0 Å². The topological polar surface area (TPSA) is 26.8 Å². The van der Waals surface area contributed by atoms with Crippen molar-refractivity contribution in [1.29, 1.82) is 0 Å². The van der Waals surface area contributed by atoms with Crippen molar-refractivity contribution in [3.63, 3.8) is 0 Å². The van der Waals surface area contributed by atoms with Gasteiger partial charge in [0.25, 0.3) is 5.91 Å². The number of nitrogens with zero attached hydrogens (tertiary/aromatic N) is 3. The molecule has 1 aliphatic carbocycles. The van der Waals surface area contributed by atoms with E-state index in [9.17, 15) is 4.79 Å². The van der Waals surface area contributed by atoms with Crippen LogP contribution in [-0.2, 0) is 5.41 Å². The van der Waals surface area contributed by atoms with Gasteiger partial charge in [0.1, 0.15) is 0 Å². The van der Waals surface area contributed by atoms with E-state index in [-0.39, 0.29) is 5.91 Å². The number of likely N-dealkylation sites (tertiary alicyclic amines) is 1. The first-order chi connectivity index (χ1) is 17.1. The van der Waals surface area contributed by atoms with Gasteiger partial charge in [-0.25, -0.2) is 4.31 Å². The van der Waals surface area contributed by atoms with Gasteiger partial charge in [0.2, 0.25) is 0 Å². The molecule has 3 fully saturated rings. The van der Waals surface area contributed by atoms with Gasteiger partial charge in [0.05, 0.1) is 0 Å². The van der Waals surface area contributed by atoms with Crippen LogP contribution in [-0.4, -0.2) is 65.8 Å². The number of carbonyl (C=O) groups is 1. The largest absolute Gasteiger partial charge is 0.336 e. The molecule has 3 aromatic rings. The molecule has 0 atom stereocenters. The third-order valence-electron chi connectivity index (χ3n) is 7.86. The molecule has 0 radical (unpaired) electrons. The second kappa shape index (κ2) is 9.78. The molecule has 6 rings (SSSR count). The zero-order valence-electron chi connectivity index (χ0n) is 20.1. The molecule has 3 aromatic carbocycles. The predicted octanol–water partition coefficient (Wildman–Crippen LogP) is 6.09. The summed E-state index contributed by atoms with van der Waals surface area (Å²) in [4.78, 5) is 19.0. The SMILES string of the molecule is O=C(c1ccc(C2(CN3CCCC3)CC2)cc1)N1CCN(Sc2ccc3cc(Cl)ccc3c2)CC1. The molecule has 1 amide bonds. The van der Waals surface area contributed by atoms with Gasteiger partial charge >= 0.3 is 0 Å². The van der Waals surface area contributed by atoms with E-state index >= 15 is 0 Å². The van der Waals surface area contributed by atoms with Gasteiger partial charge in [0.15, 0.2) is 0 Å². The fourth-order valence-corrected chi connectivity index (χ4v) is 6.72. The Balaban J connectivity index is 1.04. The monoisotopic (exact) mass is 505 g/mol. The minimum Gasteiger partial charge on any atom is -0.336 e. The molecular formula is C29H32ClN3OS. The Morgan fingerprint density at radius 2 is 1.51 bits per heavy atom. The lowest BCUT2D eigenvalue weighted by Crippen LogP contribution is -2.46. The zero-order valence-corrected chi connectivity index (χ0v) is 21.7. The van der Waals surface area contributed by atoms with Gasteiger partial charge in [-0.05, 0) is 103 Å². The second-order valence-corrected chi connectivity index (χ2v) is 11.9. The van der Waals surface area contributed by atoms with E-state index in [1.807, 2.05) is 17.0 Å². The first kappa shape index (κ1) is 23.4. The highest BCUT2D eigenvalue weighted by atomic mass is 35.5. The molecular weight excluding hydrogens is 474 g/mol. The number of amides is 1. The van der Waals surface area contributed by atoms with Crippen LogP contribution in [0.5, 0.6) is 0 Å². The standard InChI is InChI=1S/C29H32ClN3OS/c30-26-9-5-24-20-27(10-6-23(24)19-26)35-33-17-15-32(16-18-33)28(34)22-3-7-25(8-4-22)29(11-12-29)21-31-13-1-2-14-31/h3-10,19-20H,1-2,11-18,21H2. The van der Waals surface area contributed by atoms with Crippen LogP contribution in [0.25, 0.3) is 10.8 Å². The average molecular weight is 506 g/mol. The fraction of sp³-hybridized carbons (Fsp3) is 0.414. The number of piperazine rings is 1. The molecule has 6 heteroatoms. The van der Waals surface area contributed by atoms with Gasteiger partial charge < -0.3 is 9.80 Å². The van der Waals surface area contributed by atoms with Gasteiger partial charge in [-0.3, -0.25) is 4.79 Å². The molecule has 1 saturated carbocycles. The Hall–Kier alpha value is -2.05. The highest BCUT2D eigenvalue weighted by Crippen LogP contribution is 2.49. The summed E-state index contributed by atoms with van der Waals surface area (Å²) in [6, 6.07) is 21.1. The molecule has 35 heavy (non-hydrogen) atoms. The molecule has 3 aliphatic rings. The zero-order chi connectivity index (χ0) is 23.8. The molecule has 4 nitrogen and oxygen atoms in total. The molecule has 0 spiro atoms. The molecule has 182 valence electrons. The second-order valence-electron chi connectivity index (χ2n) is 10.3. The van der Waals surface area contributed by atoms with E-state index in [0.717, 1.165) is 42.2 Å². The minimum absolute atomic E-state index is 0.160. The van der Waals surface area contributed by atoms with Crippen LogP contribution in [0.3, 0.4) is 0 Å². The van der Waals surface area contributed by atoms with Gasteiger partial charge in [-0.2, -0.15) is 0 Å². The summed E-state index contributed by atoms with van der Waals surface area (Å²) in [6.07, 6.45) is 5.24. The third-order valence-corrected chi connectivity index (χ3v) is 9.18. The highest BCUT2D eigenvalue weighted by Gasteiger charge is 2.45. The summed E-state index contributed by atoms with van der Waals surface area (Å²) in [5.74, 6) is 0.160. The van der Waals surface area contributed by atoms with E-state index in [1.165, 1.54) is 61.2 Å². The van der Waals surface area contributed by atoms with Crippen molar-refractivity contribution in [3.8, 4) is 0 Å². The lowest BCUT2D eigenvalue weighted by atomic mass is 9.94. The Morgan fingerprint density at radius 1 is 0.829 bits per heavy atom. The Labute approximate surface area is 217 Å². The van der Waals surface area contributed by atoms with Crippen LogP contribution in [0.4, 0.5) is 0 Å². The number of benzene rings is 3. The summed E-state index contributed by atoms with van der Waals surface area (Å²) < 4.78 is 2.36. The van der Waals surface area contributed by atoms with Crippen LogP contribution in [0, 0.1) is 0 Å². The number of rotatable bonds is 6. The van der Waals surface area contributed by atoms with Crippen LogP contribution < -0.4 is 0 Å². The van der Waals surface area contributed by atoms with Crippen molar-refractivity contribution < 1.29 is 4.79 Å². The lowest BCUT2D eigenvalue weighted by Gasteiger charge is -2.34. The molecule has 2 aliphatic heterocycles. The Morgan fingerprint density at radius 3 is 2.23 bits per heavy atom. The van der Waals surface area contributed by atoms with Gasteiger partial charge in [0, 0.05) is 53.6 Å². The van der Waals surface area contributed by atoms with Crippen LogP contribution in [0.15, 0.2) is 65.6 Å². The smallest absolute Gasteiger partial charge is 0.253 e. The molecule has 2 saturated heterocycles. The normalized spacial score (nSPS) is 20.4. The highest BCUT2D eigenvalue weighted by molar-refractivity contribution is 7.97. The summed E-state index contributed by atoms with van der Waals surface area (Å²) in [7, 11) is 0. The van der Waals surface area contributed by atoms with E-state index in [0.29, 0.717) is 5.41 Å². The first-order valence-electron chi connectivity index (χ1n) is 12.8. The van der Waals surface area contributed by atoms with Crippen molar-refractivity contribution in [1.82, 2.24) is 14.1 Å². The molecule has 0 unspecified atom stereocenters. The third kappa shape index (κ3) is 5.10. The maximum absolute atomic E-state index is 13.2. The van der Waals surface area contributed by atoms with Gasteiger partial charge in [-0.1, -0.05) is 35.9 Å². The number of carbonyl (C=O) groups excluding carboxylic acids is 1. The fourth-order valence-electron chi connectivity index (χ4n) is 5.59. The van der Waals surface area contributed by atoms with Crippen molar-refractivity contribution >= 4 is 40.2 Å². The number of fused-ring (bicyclic) bond motifs is 1. The molecule has 0 aromatic heterocycles. The number of hydrogen-bond acceptors (Lipinski definition) is 4. The number of halogens is 1. The summed E-state index contributed by atoms with van der Waals surface area (Å²) in [6.45, 7) is 6.94. The van der Waals surface area contributed by atoms with Crippen molar-refractivity contribution in [2.45, 2.75) is 36.0 Å². The van der Waals surface area contributed by atoms with Gasteiger partial charge in [-0.15, -0.1) is 0 Å². The maximum Gasteiger partial charge on any atom is 0.253 e. The molecule has 0 N–H and O–H groups in total. The summed E-state index contributed by atoms with van der Waals surface area (Å²) in [5, 5.41) is 3.12. The van der Waals surface area contributed by atoms with Crippen LogP contribution in [0.2, 0.25) is 5.02 Å². The van der Waals surface area contributed by atoms with E-state index < -0.39 is 0 Å². The Kier molecular flexibility index (Phi) is 6.52. The van der Waals surface area contributed by atoms with E-state index in [2.05, 4.69) is 57.7 Å². The minimum atomic E-state index is 0.160. The van der Waals surface area contributed by atoms with Crippen LogP contribution in [0.1, 0.15) is 41.6 Å². The van der Waals surface area contributed by atoms with E-state index in [1.54, 1.807) is 11.9 Å². The number of hydrogen-bond donors (Lipinski definition) is 0. The summed E-state index contributed by atoms with van der Waals surface area (Å²) >= 11 is 7.89. The first-order valence-corrected chi connectivity index (χ1v) is 14.0. The average Bonchev–Trinajstić information content (AvgIpc) is 3.49. The van der Waals surface area contributed by atoms with Crippen LogP contribution >= 0.6 is 23.5 Å². The van der Waals surface area contributed by atoms with E-state index in [4.69, 9.17) is 11.6 Å².